The molecule has 0 fully saturated rings. The molecule has 0 radical (unpaired) electrons. The van der Waals surface area contributed by atoms with E-state index in [-0.39, 0.29) is 5.41 Å². The lowest BCUT2D eigenvalue weighted by molar-refractivity contribution is 0.411. The molecule has 0 aromatic carbocycles. The second kappa shape index (κ2) is 6.31. The van der Waals surface area contributed by atoms with Crippen LogP contribution in [0.3, 0.4) is 0 Å². The van der Waals surface area contributed by atoms with Crippen molar-refractivity contribution in [3.05, 3.63) is 5.01 Å². The molecule has 17 heavy (non-hydrogen) atoms. The fraction of sp³-hybridized carbons (Fsp3) is 0.833. The van der Waals surface area contributed by atoms with E-state index in [4.69, 9.17) is 5.73 Å². The SMILES string of the molecule is CCC(CC)NCCC(C)(C)c1nnc(N)s1. The Morgan fingerprint density at radius 1 is 1.29 bits per heavy atom. The van der Waals surface area contributed by atoms with Crippen LogP contribution in [0, 0.1) is 0 Å². The van der Waals surface area contributed by atoms with Crippen LogP contribution in [0.4, 0.5) is 5.13 Å². The van der Waals surface area contributed by atoms with E-state index in [1.807, 2.05) is 0 Å². The van der Waals surface area contributed by atoms with E-state index in [0.717, 1.165) is 18.0 Å². The van der Waals surface area contributed by atoms with Crippen molar-refractivity contribution in [2.75, 3.05) is 12.3 Å². The number of nitrogens with two attached hydrogens (primary N) is 1. The molecule has 5 heteroatoms. The number of nitrogens with one attached hydrogen (secondary N) is 1. The molecule has 3 N–H and O–H groups in total. The first-order chi connectivity index (χ1) is 7.99. The third-order valence-electron chi connectivity index (χ3n) is 3.19. The monoisotopic (exact) mass is 256 g/mol. The first kappa shape index (κ1) is 14.4. The summed E-state index contributed by atoms with van der Waals surface area (Å²) in [5.74, 6) is 0. The van der Waals surface area contributed by atoms with E-state index < -0.39 is 0 Å². The normalized spacial score (nSPS) is 12.3. The Balaban J connectivity index is 2.44. The second-order valence-corrected chi connectivity index (χ2v) is 6.06. The Morgan fingerprint density at radius 3 is 2.41 bits per heavy atom. The first-order valence-electron chi connectivity index (χ1n) is 6.32. The maximum Gasteiger partial charge on any atom is 0.203 e. The number of aromatic nitrogens is 2. The zero-order valence-electron chi connectivity index (χ0n) is 11.3. The van der Waals surface area contributed by atoms with Crippen LogP contribution in [0.1, 0.15) is 52.0 Å². The van der Waals surface area contributed by atoms with E-state index in [1.54, 1.807) is 0 Å². The van der Waals surface area contributed by atoms with Crippen molar-refractivity contribution in [2.24, 2.45) is 0 Å². The molecule has 0 atom stereocenters. The van der Waals surface area contributed by atoms with Crippen molar-refractivity contribution >= 4 is 16.5 Å². The summed E-state index contributed by atoms with van der Waals surface area (Å²) in [6.07, 6.45) is 3.42. The van der Waals surface area contributed by atoms with Gasteiger partial charge in [0.2, 0.25) is 5.13 Å². The molecule has 0 aliphatic rings. The molecule has 98 valence electrons. The average molecular weight is 256 g/mol. The molecule has 0 saturated carbocycles. The lowest BCUT2D eigenvalue weighted by atomic mass is 9.90. The predicted molar refractivity (Wildman–Crippen MR) is 74.3 cm³/mol. The molecular formula is C12H24N4S. The number of rotatable bonds is 7. The number of anilines is 1. The molecule has 0 unspecified atom stereocenters. The summed E-state index contributed by atoms with van der Waals surface area (Å²) in [5, 5.41) is 13.2. The van der Waals surface area contributed by atoms with E-state index in [1.165, 1.54) is 24.2 Å². The molecule has 0 aliphatic heterocycles. The van der Waals surface area contributed by atoms with Gasteiger partial charge >= 0.3 is 0 Å². The van der Waals surface area contributed by atoms with Crippen molar-refractivity contribution in [2.45, 2.75) is 58.4 Å². The van der Waals surface area contributed by atoms with Gasteiger partial charge in [0.05, 0.1) is 0 Å². The van der Waals surface area contributed by atoms with Crippen LogP contribution in [-0.4, -0.2) is 22.8 Å². The van der Waals surface area contributed by atoms with Gasteiger partial charge in [-0.05, 0) is 25.8 Å². The molecule has 1 aromatic rings. The number of hydrogen-bond donors (Lipinski definition) is 2. The third kappa shape index (κ3) is 4.24. The minimum Gasteiger partial charge on any atom is -0.374 e. The molecule has 0 amide bonds. The zero-order valence-corrected chi connectivity index (χ0v) is 12.1. The molecule has 4 nitrogen and oxygen atoms in total. The predicted octanol–water partition coefficient (Wildman–Crippen LogP) is 2.57. The van der Waals surface area contributed by atoms with Crippen LogP contribution in [0.15, 0.2) is 0 Å². The van der Waals surface area contributed by atoms with Crippen molar-refractivity contribution < 1.29 is 0 Å². The molecule has 0 aliphatic carbocycles. The smallest absolute Gasteiger partial charge is 0.203 e. The van der Waals surface area contributed by atoms with Crippen LogP contribution in [0.2, 0.25) is 0 Å². The maximum absolute atomic E-state index is 5.62. The van der Waals surface area contributed by atoms with Crippen LogP contribution in [0.5, 0.6) is 0 Å². The lowest BCUT2D eigenvalue weighted by Gasteiger charge is -2.23. The van der Waals surface area contributed by atoms with Gasteiger partial charge in [0.1, 0.15) is 5.01 Å². The Kier molecular flexibility index (Phi) is 5.33. The van der Waals surface area contributed by atoms with Gasteiger partial charge in [-0.2, -0.15) is 0 Å². The molecule has 0 bridgehead atoms. The minimum absolute atomic E-state index is 0.0499. The van der Waals surface area contributed by atoms with E-state index >= 15 is 0 Å². The summed E-state index contributed by atoms with van der Waals surface area (Å²) in [7, 11) is 0. The zero-order chi connectivity index (χ0) is 12.9. The van der Waals surface area contributed by atoms with Gasteiger partial charge in [0, 0.05) is 11.5 Å². The standard InChI is InChI=1S/C12H24N4S/c1-5-9(6-2)14-8-7-12(3,4)10-15-16-11(13)17-10/h9,14H,5-8H2,1-4H3,(H2,13,16). The largest absolute Gasteiger partial charge is 0.374 e. The van der Waals surface area contributed by atoms with E-state index in [0.29, 0.717) is 11.2 Å². The summed E-state index contributed by atoms with van der Waals surface area (Å²) in [6.45, 7) is 9.84. The highest BCUT2D eigenvalue weighted by Crippen LogP contribution is 2.29. The fourth-order valence-corrected chi connectivity index (χ4v) is 2.52. The summed E-state index contributed by atoms with van der Waals surface area (Å²) in [5.41, 5.74) is 5.67. The fourth-order valence-electron chi connectivity index (χ4n) is 1.78. The topological polar surface area (TPSA) is 63.8 Å². The molecule has 1 rings (SSSR count). The number of nitrogen functional groups attached to an aromatic ring is 1. The van der Waals surface area contributed by atoms with Gasteiger partial charge in [-0.1, -0.05) is 39.0 Å². The van der Waals surface area contributed by atoms with Gasteiger partial charge in [-0.3, -0.25) is 0 Å². The Bertz CT molecular complexity index is 331. The number of nitrogens with zero attached hydrogens (tertiary/aromatic N) is 2. The molecule has 0 saturated heterocycles. The van der Waals surface area contributed by atoms with Gasteiger partial charge < -0.3 is 11.1 Å². The van der Waals surface area contributed by atoms with E-state index in [2.05, 4.69) is 43.2 Å². The van der Waals surface area contributed by atoms with Gasteiger partial charge in [0.15, 0.2) is 0 Å². The molecule has 0 spiro atoms. The van der Waals surface area contributed by atoms with Gasteiger partial charge in [-0.15, -0.1) is 10.2 Å². The second-order valence-electron chi connectivity index (χ2n) is 5.05. The molecular weight excluding hydrogens is 232 g/mol. The summed E-state index contributed by atoms with van der Waals surface area (Å²) < 4.78 is 0. The summed E-state index contributed by atoms with van der Waals surface area (Å²) >= 11 is 1.49. The highest BCUT2D eigenvalue weighted by Gasteiger charge is 2.24. The maximum atomic E-state index is 5.62. The molecule has 1 aromatic heterocycles. The van der Waals surface area contributed by atoms with Gasteiger partial charge in [-0.25, -0.2) is 0 Å². The highest BCUT2D eigenvalue weighted by atomic mass is 32.1. The van der Waals surface area contributed by atoms with Crippen molar-refractivity contribution in [3.63, 3.8) is 0 Å². The minimum atomic E-state index is 0.0499. The summed E-state index contributed by atoms with van der Waals surface area (Å²) in [4.78, 5) is 0. The number of hydrogen-bond acceptors (Lipinski definition) is 5. The van der Waals surface area contributed by atoms with Crippen LogP contribution < -0.4 is 11.1 Å². The van der Waals surface area contributed by atoms with Gasteiger partial charge in [0.25, 0.3) is 0 Å². The van der Waals surface area contributed by atoms with Crippen LogP contribution >= 0.6 is 11.3 Å². The Labute approximate surface area is 108 Å². The first-order valence-corrected chi connectivity index (χ1v) is 7.14. The van der Waals surface area contributed by atoms with Crippen molar-refractivity contribution in [1.29, 1.82) is 0 Å². The van der Waals surface area contributed by atoms with Crippen LogP contribution in [0.25, 0.3) is 0 Å². The van der Waals surface area contributed by atoms with Crippen LogP contribution in [-0.2, 0) is 5.41 Å². The van der Waals surface area contributed by atoms with Crippen molar-refractivity contribution in [1.82, 2.24) is 15.5 Å². The summed E-state index contributed by atoms with van der Waals surface area (Å²) in [6, 6.07) is 0.630. The lowest BCUT2D eigenvalue weighted by Crippen LogP contribution is -2.32. The highest BCUT2D eigenvalue weighted by molar-refractivity contribution is 7.15. The van der Waals surface area contributed by atoms with Crippen molar-refractivity contribution in [3.8, 4) is 0 Å². The third-order valence-corrected chi connectivity index (χ3v) is 4.31. The quantitative estimate of drug-likeness (QED) is 0.787. The Morgan fingerprint density at radius 2 is 1.94 bits per heavy atom. The molecule has 1 heterocycles. The van der Waals surface area contributed by atoms with E-state index in [9.17, 15) is 0 Å². The average Bonchev–Trinajstić information content (AvgIpc) is 2.72. The Hall–Kier alpha value is -0.680.